The van der Waals surface area contributed by atoms with Gasteiger partial charge in [0.05, 0.1) is 5.01 Å². The first-order valence-corrected chi connectivity index (χ1v) is 5.32. The molecule has 0 amide bonds. The Morgan fingerprint density at radius 1 is 1.67 bits per heavy atom. The molecule has 0 saturated carbocycles. The Morgan fingerprint density at radius 3 is 3.08 bits per heavy atom. The Hall–Kier alpha value is -0.410. The molecule has 0 aromatic carbocycles. The summed E-state index contributed by atoms with van der Waals surface area (Å²) in [5.41, 5.74) is 0. The van der Waals surface area contributed by atoms with E-state index in [1.165, 1.54) is 11.4 Å². The standard InChI is InChI=1S/C9H16N2S/c1-3-8(2)10-5-4-9-11-6-7-12-9/h6-8,10H,3-5H2,1-2H3. The maximum Gasteiger partial charge on any atom is 0.0937 e. The Kier molecular flexibility index (Phi) is 4.25. The molecule has 0 radical (unpaired) electrons. The maximum absolute atomic E-state index is 4.22. The van der Waals surface area contributed by atoms with Gasteiger partial charge in [0, 0.05) is 30.6 Å². The van der Waals surface area contributed by atoms with E-state index in [0.717, 1.165) is 13.0 Å². The highest BCUT2D eigenvalue weighted by atomic mass is 32.1. The van der Waals surface area contributed by atoms with E-state index < -0.39 is 0 Å². The molecule has 0 saturated heterocycles. The van der Waals surface area contributed by atoms with Crippen LogP contribution in [0.4, 0.5) is 0 Å². The van der Waals surface area contributed by atoms with E-state index in [4.69, 9.17) is 0 Å². The van der Waals surface area contributed by atoms with Gasteiger partial charge in [-0.25, -0.2) is 4.98 Å². The van der Waals surface area contributed by atoms with Crippen molar-refractivity contribution < 1.29 is 0 Å². The first-order valence-electron chi connectivity index (χ1n) is 4.44. The van der Waals surface area contributed by atoms with E-state index in [9.17, 15) is 0 Å². The average molecular weight is 184 g/mol. The normalized spacial score (nSPS) is 13.2. The van der Waals surface area contributed by atoms with Crippen molar-refractivity contribution in [1.82, 2.24) is 10.3 Å². The van der Waals surface area contributed by atoms with Crippen molar-refractivity contribution in [3.63, 3.8) is 0 Å². The van der Waals surface area contributed by atoms with Crippen LogP contribution in [0, 0.1) is 0 Å². The van der Waals surface area contributed by atoms with Crippen LogP contribution in [-0.4, -0.2) is 17.6 Å². The Labute approximate surface area is 78.0 Å². The number of aromatic nitrogens is 1. The number of thiazole rings is 1. The van der Waals surface area contributed by atoms with Gasteiger partial charge in [-0.05, 0) is 13.3 Å². The average Bonchev–Trinajstić information content (AvgIpc) is 2.57. The fraction of sp³-hybridized carbons (Fsp3) is 0.667. The third-order valence-corrected chi connectivity index (χ3v) is 2.77. The summed E-state index contributed by atoms with van der Waals surface area (Å²) < 4.78 is 0. The Morgan fingerprint density at radius 2 is 2.50 bits per heavy atom. The van der Waals surface area contributed by atoms with Crippen molar-refractivity contribution in [1.29, 1.82) is 0 Å². The molecule has 0 bridgehead atoms. The predicted molar refractivity (Wildman–Crippen MR) is 53.6 cm³/mol. The molecule has 0 fully saturated rings. The minimum Gasteiger partial charge on any atom is -0.314 e. The van der Waals surface area contributed by atoms with Crippen LogP contribution in [0.5, 0.6) is 0 Å². The van der Waals surface area contributed by atoms with Crippen LogP contribution < -0.4 is 5.32 Å². The lowest BCUT2D eigenvalue weighted by molar-refractivity contribution is 0.537. The van der Waals surface area contributed by atoms with Crippen LogP contribution in [-0.2, 0) is 6.42 Å². The lowest BCUT2D eigenvalue weighted by Crippen LogP contribution is -2.27. The van der Waals surface area contributed by atoms with E-state index in [2.05, 4.69) is 24.1 Å². The zero-order valence-electron chi connectivity index (χ0n) is 7.71. The highest BCUT2D eigenvalue weighted by molar-refractivity contribution is 7.09. The van der Waals surface area contributed by atoms with E-state index in [1.807, 2.05) is 11.6 Å². The second kappa shape index (κ2) is 5.27. The SMILES string of the molecule is CCC(C)NCCc1nccs1. The summed E-state index contributed by atoms with van der Waals surface area (Å²) in [5.74, 6) is 0. The molecule has 2 nitrogen and oxygen atoms in total. The van der Waals surface area contributed by atoms with E-state index in [-0.39, 0.29) is 0 Å². The van der Waals surface area contributed by atoms with Gasteiger partial charge in [0.2, 0.25) is 0 Å². The lowest BCUT2D eigenvalue weighted by atomic mass is 10.2. The van der Waals surface area contributed by atoms with Crippen LogP contribution in [0.2, 0.25) is 0 Å². The molecule has 0 aliphatic rings. The summed E-state index contributed by atoms with van der Waals surface area (Å²) in [4.78, 5) is 4.22. The molecule has 1 rings (SSSR count). The molecule has 1 aromatic rings. The van der Waals surface area contributed by atoms with Gasteiger partial charge in [-0.15, -0.1) is 11.3 Å². The van der Waals surface area contributed by atoms with Gasteiger partial charge >= 0.3 is 0 Å². The zero-order valence-corrected chi connectivity index (χ0v) is 8.53. The van der Waals surface area contributed by atoms with Crippen LogP contribution >= 0.6 is 11.3 Å². The van der Waals surface area contributed by atoms with Crippen molar-refractivity contribution in [2.45, 2.75) is 32.7 Å². The van der Waals surface area contributed by atoms with Gasteiger partial charge in [-0.1, -0.05) is 6.92 Å². The molecule has 0 aliphatic heterocycles. The Bertz CT molecular complexity index is 196. The van der Waals surface area contributed by atoms with Crippen molar-refractivity contribution >= 4 is 11.3 Å². The minimum atomic E-state index is 0.630. The van der Waals surface area contributed by atoms with Crippen LogP contribution in [0.15, 0.2) is 11.6 Å². The molecule has 0 spiro atoms. The first-order chi connectivity index (χ1) is 5.83. The quantitative estimate of drug-likeness (QED) is 0.758. The number of rotatable bonds is 5. The summed E-state index contributed by atoms with van der Waals surface area (Å²) >= 11 is 1.73. The van der Waals surface area contributed by atoms with Gasteiger partial charge in [0.25, 0.3) is 0 Å². The third-order valence-electron chi connectivity index (χ3n) is 1.93. The predicted octanol–water partition coefficient (Wildman–Crippen LogP) is 2.07. The Balaban J connectivity index is 2.11. The molecule has 1 heterocycles. The van der Waals surface area contributed by atoms with Crippen molar-refractivity contribution in [3.8, 4) is 0 Å². The minimum absolute atomic E-state index is 0.630. The maximum atomic E-state index is 4.22. The smallest absolute Gasteiger partial charge is 0.0937 e. The van der Waals surface area contributed by atoms with Gasteiger partial charge < -0.3 is 5.32 Å². The fourth-order valence-electron chi connectivity index (χ4n) is 0.946. The first kappa shape index (κ1) is 9.68. The number of hydrogen-bond donors (Lipinski definition) is 1. The second-order valence-electron chi connectivity index (χ2n) is 2.94. The third kappa shape index (κ3) is 3.32. The summed E-state index contributed by atoms with van der Waals surface area (Å²) in [6, 6.07) is 0.630. The van der Waals surface area contributed by atoms with Gasteiger partial charge in [-0.3, -0.25) is 0 Å². The topological polar surface area (TPSA) is 24.9 Å². The number of hydrogen-bond acceptors (Lipinski definition) is 3. The summed E-state index contributed by atoms with van der Waals surface area (Å²) in [6.45, 7) is 5.45. The van der Waals surface area contributed by atoms with Crippen LogP contribution in [0.3, 0.4) is 0 Å². The largest absolute Gasteiger partial charge is 0.314 e. The summed E-state index contributed by atoms with van der Waals surface area (Å²) in [6.07, 6.45) is 4.11. The zero-order chi connectivity index (χ0) is 8.81. The van der Waals surface area contributed by atoms with Crippen LogP contribution in [0.25, 0.3) is 0 Å². The van der Waals surface area contributed by atoms with Gasteiger partial charge in [0.15, 0.2) is 0 Å². The molecule has 1 N–H and O–H groups in total. The second-order valence-corrected chi connectivity index (χ2v) is 3.92. The molecule has 1 atom stereocenters. The highest BCUT2D eigenvalue weighted by Crippen LogP contribution is 2.03. The van der Waals surface area contributed by atoms with E-state index in [1.54, 1.807) is 11.3 Å². The van der Waals surface area contributed by atoms with Crippen LogP contribution in [0.1, 0.15) is 25.3 Å². The fourth-order valence-corrected chi connectivity index (χ4v) is 1.57. The number of nitrogens with zero attached hydrogens (tertiary/aromatic N) is 1. The molecule has 68 valence electrons. The summed E-state index contributed by atoms with van der Waals surface area (Å²) in [5, 5.41) is 6.69. The molecule has 1 aromatic heterocycles. The molecule has 12 heavy (non-hydrogen) atoms. The number of nitrogens with one attached hydrogen (secondary N) is 1. The van der Waals surface area contributed by atoms with Crippen molar-refractivity contribution in [2.24, 2.45) is 0 Å². The van der Waals surface area contributed by atoms with Gasteiger partial charge in [0.1, 0.15) is 0 Å². The van der Waals surface area contributed by atoms with Gasteiger partial charge in [-0.2, -0.15) is 0 Å². The lowest BCUT2D eigenvalue weighted by Gasteiger charge is -2.09. The summed E-state index contributed by atoms with van der Waals surface area (Å²) in [7, 11) is 0. The molecular weight excluding hydrogens is 168 g/mol. The highest BCUT2D eigenvalue weighted by Gasteiger charge is 1.98. The molecular formula is C9H16N2S. The molecule has 0 aliphatic carbocycles. The van der Waals surface area contributed by atoms with Crippen molar-refractivity contribution in [2.75, 3.05) is 6.54 Å². The van der Waals surface area contributed by atoms with Crippen molar-refractivity contribution in [3.05, 3.63) is 16.6 Å². The van der Waals surface area contributed by atoms with E-state index >= 15 is 0 Å². The monoisotopic (exact) mass is 184 g/mol. The molecule has 3 heteroatoms. The van der Waals surface area contributed by atoms with E-state index in [0.29, 0.717) is 6.04 Å². The molecule has 1 unspecified atom stereocenters.